The van der Waals surface area contributed by atoms with Crippen molar-refractivity contribution in [1.82, 2.24) is 20.7 Å². The van der Waals surface area contributed by atoms with E-state index < -0.39 is 0 Å². The lowest BCUT2D eigenvalue weighted by Gasteiger charge is -2.35. The minimum atomic E-state index is 0.757. The first-order valence-corrected chi connectivity index (χ1v) is 8.74. The van der Waals surface area contributed by atoms with Gasteiger partial charge in [-0.1, -0.05) is 50.1 Å². The van der Waals surface area contributed by atoms with Crippen molar-refractivity contribution in [2.75, 3.05) is 32.7 Å². The van der Waals surface area contributed by atoms with Gasteiger partial charge in [0.05, 0.1) is 0 Å². The molecule has 0 unspecified atom stereocenters. The average molecular weight is 321 g/mol. The lowest BCUT2D eigenvalue weighted by atomic mass is 10.2. The van der Waals surface area contributed by atoms with Gasteiger partial charge in [-0.25, -0.2) is 5.01 Å². The van der Waals surface area contributed by atoms with Gasteiger partial charge in [-0.15, -0.1) is 0 Å². The molecule has 2 N–H and O–H groups in total. The number of unbranched alkanes of at least 4 members (excludes halogenated alkanes) is 2. The number of piperazine rings is 1. The van der Waals surface area contributed by atoms with Crippen LogP contribution in [0.4, 0.5) is 0 Å². The molecule has 0 spiro atoms. The van der Waals surface area contributed by atoms with E-state index in [1.807, 2.05) is 0 Å². The van der Waals surface area contributed by atoms with E-state index in [-0.39, 0.29) is 0 Å². The minimum Gasteiger partial charge on any atom is -0.362 e. The van der Waals surface area contributed by atoms with Gasteiger partial charge in [0.1, 0.15) is 0 Å². The molecule has 0 aromatic heterocycles. The maximum absolute atomic E-state index is 5.34. The molecule has 22 heavy (non-hydrogen) atoms. The maximum atomic E-state index is 5.34. The lowest BCUT2D eigenvalue weighted by Crippen LogP contribution is -2.55. The van der Waals surface area contributed by atoms with Crippen LogP contribution in [-0.2, 0) is 6.54 Å². The van der Waals surface area contributed by atoms with E-state index in [1.165, 1.54) is 24.8 Å². The molecule has 1 aliphatic heterocycles. The fraction of sp³-hybridized carbons (Fsp3) is 0.588. The molecule has 0 amide bonds. The number of hydrogen-bond acceptors (Lipinski definition) is 3. The molecule has 2 rings (SSSR count). The summed E-state index contributed by atoms with van der Waals surface area (Å²) in [6.07, 6.45) is 3.68. The number of nitrogens with zero attached hydrogens (tertiary/aromatic N) is 2. The van der Waals surface area contributed by atoms with Crippen LogP contribution in [0.2, 0.25) is 0 Å². The zero-order chi connectivity index (χ0) is 15.6. The smallest absolute Gasteiger partial charge is 0.181 e. The molecule has 0 radical (unpaired) electrons. The third-order valence-corrected chi connectivity index (χ3v) is 4.18. The molecular weight excluding hydrogens is 292 g/mol. The van der Waals surface area contributed by atoms with Gasteiger partial charge in [-0.3, -0.25) is 10.3 Å². The Morgan fingerprint density at radius 2 is 1.82 bits per heavy atom. The van der Waals surface area contributed by atoms with Gasteiger partial charge >= 0.3 is 0 Å². The van der Waals surface area contributed by atoms with Crippen molar-refractivity contribution in [2.24, 2.45) is 0 Å². The zero-order valence-corrected chi connectivity index (χ0v) is 14.4. The molecule has 0 saturated carbocycles. The third-order valence-electron chi connectivity index (χ3n) is 3.95. The Labute approximate surface area is 139 Å². The highest BCUT2D eigenvalue weighted by molar-refractivity contribution is 7.80. The Hall–Kier alpha value is -1.17. The van der Waals surface area contributed by atoms with Crippen LogP contribution in [0.15, 0.2) is 30.3 Å². The van der Waals surface area contributed by atoms with Crippen molar-refractivity contribution in [3.8, 4) is 0 Å². The van der Waals surface area contributed by atoms with Crippen LogP contribution in [0.25, 0.3) is 0 Å². The monoisotopic (exact) mass is 320 g/mol. The fourth-order valence-electron chi connectivity index (χ4n) is 2.62. The normalized spacial score (nSPS) is 16.4. The van der Waals surface area contributed by atoms with Crippen LogP contribution in [0.5, 0.6) is 0 Å². The number of nitrogens with one attached hydrogen (secondary N) is 2. The molecule has 1 heterocycles. The Kier molecular flexibility index (Phi) is 7.63. The first-order valence-electron chi connectivity index (χ1n) is 8.33. The standard InChI is InChI=1S/C17H28N4S/c1-2-3-7-10-18-17(22)19-21-13-11-20(12-14-21)15-16-8-5-4-6-9-16/h4-6,8-9H,2-3,7,10-15H2,1H3,(H2,18,19,22). The molecule has 1 saturated heterocycles. The Bertz CT molecular complexity index is 430. The zero-order valence-electron chi connectivity index (χ0n) is 13.6. The number of hydrogen-bond donors (Lipinski definition) is 2. The van der Waals surface area contributed by atoms with Crippen molar-refractivity contribution in [3.05, 3.63) is 35.9 Å². The summed E-state index contributed by atoms with van der Waals surface area (Å²) < 4.78 is 0. The van der Waals surface area contributed by atoms with E-state index in [0.29, 0.717) is 0 Å². The first-order chi connectivity index (χ1) is 10.8. The molecule has 4 nitrogen and oxygen atoms in total. The van der Waals surface area contributed by atoms with Crippen molar-refractivity contribution in [2.45, 2.75) is 32.7 Å². The molecule has 0 atom stereocenters. The van der Waals surface area contributed by atoms with E-state index in [0.717, 1.165) is 44.4 Å². The second kappa shape index (κ2) is 9.77. The largest absolute Gasteiger partial charge is 0.362 e. The Morgan fingerprint density at radius 3 is 2.50 bits per heavy atom. The Balaban J connectivity index is 1.61. The summed E-state index contributed by atoms with van der Waals surface area (Å²) in [5.41, 5.74) is 4.69. The van der Waals surface area contributed by atoms with Crippen molar-refractivity contribution in [1.29, 1.82) is 0 Å². The number of hydrazine groups is 1. The summed E-state index contributed by atoms with van der Waals surface area (Å²) in [5.74, 6) is 0. The molecule has 1 aromatic carbocycles. The van der Waals surface area contributed by atoms with E-state index >= 15 is 0 Å². The lowest BCUT2D eigenvalue weighted by molar-refractivity contribution is 0.107. The third kappa shape index (κ3) is 6.30. The molecule has 1 fully saturated rings. The number of rotatable bonds is 7. The fourth-order valence-corrected chi connectivity index (χ4v) is 2.85. The highest BCUT2D eigenvalue weighted by atomic mass is 32.1. The van der Waals surface area contributed by atoms with E-state index in [9.17, 15) is 0 Å². The summed E-state index contributed by atoms with van der Waals surface area (Å²) in [5, 5.41) is 6.26. The van der Waals surface area contributed by atoms with Gasteiger partial charge < -0.3 is 5.32 Å². The number of benzene rings is 1. The topological polar surface area (TPSA) is 30.5 Å². The van der Waals surface area contributed by atoms with Gasteiger partial charge in [0.15, 0.2) is 5.11 Å². The summed E-state index contributed by atoms with van der Waals surface area (Å²) in [6.45, 7) is 8.36. The highest BCUT2D eigenvalue weighted by Gasteiger charge is 2.17. The second-order valence-corrected chi connectivity index (χ2v) is 6.23. The van der Waals surface area contributed by atoms with Gasteiger partial charge in [0.2, 0.25) is 0 Å². The molecular formula is C17H28N4S. The molecule has 5 heteroatoms. The summed E-state index contributed by atoms with van der Waals surface area (Å²) in [6, 6.07) is 10.7. The van der Waals surface area contributed by atoms with Crippen LogP contribution in [0.3, 0.4) is 0 Å². The summed E-state index contributed by atoms with van der Waals surface area (Å²) in [4.78, 5) is 2.49. The predicted molar refractivity (Wildman–Crippen MR) is 96.6 cm³/mol. The van der Waals surface area contributed by atoms with Crippen molar-refractivity contribution in [3.63, 3.8) is 0 Å². The molecule has 1 aromatic rings. The average Bonchev–Trinajstić information content (AvgIpc) is 2.54. The maximum Gasteiger partial charge on any atom is 0.181 e. The molecule has 0 bridgehead atoms. The highest BCUT2D eigenvalue weighted by Crippen LogP contribution is 2.07. The van der Waals surface area contributed by atoms with Crippen LogP contribution in [-0.4, -0.2) is 47.7 Å². The van der Waals surface area contributed by atoms with Gasteiger partial charge in [-0.2, -0.15) is 0 Å². The molecule has 122 valence electrons. The minimum absolute atomic E-state index is 0.757. The van der Waals surface area contributed by atoms with Crippen molar-refractivity contribution < 1.29 is 0 Å². The SMILES string of the molecule is CCCCCNC(=S)NN1CCN(Cc2ccccc2)CC1. The van der Waals surface area contributed by atoms with Crippen LogP contribution < -0.4 is 10.7 Å². The first kappa shape index (κ1) is 17.2. The van der Waals surface area contributed by atoms with Crippen LogP contribution in [0, 0.1) is 0 Å². The Morgan fingerprint density at radius 1 is 1.09 bits per heavy atom. The summed E-state index contributed by atoms with van der Waals surface area (Å²) in [7, 11) is 0. The van der Waals surface area contributed by atoms with Gasteiger partial charge in [0, 0.05) is 39.3 Å². The van der Waals surface area contributed by atoms with E-state index in [1.54, 1.807) is 0 Å². The quantitative estimate of drug-likeness (QED) is 0.595. The molecule has 0 aliphatic carbocycles. The van der Waals surface area contributed by atoms with Crippen LogP contribution >= 0.6 is 12.2 Å². The van der Waals surface area contributed by atoms with Gasteiger partial charge in [-0.05, 0) is 24.2 Å². The summed E-state index contributed by atoms with van der Waals surface area (Å²) >= 11 is 5.34. The van der Waals surface area contributed by atoms with Crippen molar-refractivity contribution >= 4 is 17.3 Å². The number of thiocarbonyl (C=S) groups is 1. The van der Waals surface area contributed by atoms with Crippen LogP contribution in [0.1, 0.15) is 31.7 Å². The second-order valence-electron chi connectivity index (χ2n) is 5.82. The van der Waals surface area contributed by atoms with E-state index in [2.05, 4.69) is 57.9 Å². The molecule has 1 aliphatic rings. The van der Waals surface area contributed by atoms with Gasteiger partial charge in [0.25, 0.3) is 0 Å². The van der Waals surface area contributed by atoms with E-state index in [4.69, 9.17) is 12.2 Å². The predicted octanol–water partition coefficient (Wildman–Crippen LogP) is 2.37.